The summed E-state index contributed by atoms with van der Waals surface area (Å²) in [6.07, 6.45) is -0.430. The average Bonchev–Trinajstić information content (AvgIpc) is 3.30. The number of nitrogens with zero attached hydrogens (tertiary/aromatic N) is 3. The Morgan fingerprint density at radius 2 is 1.80 bits per heavy atom. The van der Waals surface area contributed by atoms with Crippen LogP contribution in [0.3, 0.4) is 0 Å². The third-order valence-electron chi connectivity index (χ3n) is 4.94. The molecule has 1 unspecified atom stereocenters. The minimum Gasteiger partial charge on any atom is -0.497 e. The van der Waals surface area contributed by atoms with Gasteiger partial charge in [0.1, 0.15) is 17.3 Å². The Morgan fingerprint density at radius 1 is 1.09 bits per heavy atom. The van der Waals surface area contributed by atoms with Crippen molar-refractivity contribution in [3.8, 4) is 17.2 Å². The fraction of sp³-hybridized carbons (Fsp3) is 0.160. The highest BCUT2D eigenvalue weighted by molar-refractivity contribution is 7.99. The Hall–Kier alpha value is -3.56. The predicted octanol–water partition coefficient (Wildman–Crippen LogP) is 5.94. The van der Waals surface area contributed by atoms with E-state index >= 15 is 0 Å². The van der Waals surface area contributed by atoms with Gasteiger partial charge in [-0.05, 0) is 61.5 Å². The van der Waals surface area contributed by atoms with Crippen LogP contribution in [0.2, 0.25) is 5.02 Å². The van der Waals surface area contributed by atoms with E-state index in [9.17, 15) is 9.18 Å². The van der Waals surface area contributed by atoms with Crippen molar-refractivity contribution in [2.24, 2.45) is 0 Å². The molecule has 1 aromatic heterocycles. The quantitative estimate of drug-likeness (QED) is 0.280. The van der Waals surface area contributed by atoms with Crippen molar-refractivity contribution in [1.82, 2.24) is 14.8 Å². The summed E-state index contributed by atoms with van der Waals surface area (Å²) in [6, 6.07) is 20.9. The molecule has 0 saturated heterocycles. The fourth-order valence-corrected chi connectivity index (χ4v) is 4.21. The van der Waals surface area contributed by atoms with Gasteiger partial charge in [0, 0.05) is 11.4 Å². The van der Waals surface area contributed by atoms with Gasteiger partial charge in [0.25, 0.3) is 0 Å². The third kappa shape index (κ3) is 6.12. The molecule has 1 amide bonds. The number of carbonyl (C=O) groups excluding carboxylic acids is 1. The van der Waals surface area contributed by atoms with Gasteiger partial charge in [0.05, 0.1) is 17.9 Å². The molecule has 3 aromatic carbocycles. The van der Waals surface area contributed by atoms with E-state index in [0.29, 0.717) is 22.4 Å². The highest BCUT2D eigenvalue weighted by Crippen LogP contribution is 2.29. The van der Waals surface area contributed by atoms with Crippen molar-refractivity contribution in [3.05, 3.63) is 89.5 Å². The molecule has 0 aliphatic carbocycles. The molecule has 0 aliphatic heterocycles. The van der Waals surface area contributed by atoms with Crippen LogP contribution < -0.4 is 14.8 Å². The lowest BCUT2D eigenvalue weighted by Gasteiger charge is -2.17. The molecule has 10 heteroatoms. The van der Waals surface area contributed by atoms with Gasteiger partial charge in [-0.1, -0.05) is 41.6 Å². The van der Waals surface area contributed by atoms with Crippen LogP contribution in [0.4, 0.5) is 10.1 Å². The van der Waals surface area contributed by atoms with Crippen LogP contribution in [0.15, 0.2) is 78.0 Å². The number of rotatable bonds is 9. The molecule has 1 N–H and O–H groups in total. The van der Waals surface area contributed by atoms with Crippen molar-refractivity contribution in [2.45, 2.75) is 18.2 Å². The maximum Gasteiger partial charge on any atom is 0.234 e. The number of ether oxygens (including phenoxy) is 2. The van der Waals surface area contributed by atoms with Gasteiger partial charge in [-0.15, -0.1) is 10.2 Å². The van der Waals surface area contributed by atoms with Crippen molar-refractivity contribution < 1.29 is 18.7 Å². The van der Waals surface area contributed by atoms with Crippen LogP contribution in [0, 0.1) is 5.82 Å². The number of thioether (sulfide) groups is 1. The zero-order valence-electron chi connectivity index (χ0n) is 18.9. The minimum atomic E-state index is -0.548. The summed E-state index contributed by atoms with van der Waals surface area (Å²) in [6.45, 7) is 1.88. The summed E-state index contributed by atoms with van der Waals surface area (Å²) in [5.74, 6) is 1.20. The van der Waals surface area contributed by atoms with E-state index in [0.717, 1.165) is 11.4 Å². The second-order valence-electron chi connectivity index (χ2n) is 7.41. The van der Waals surface area contributed by atoms with Crippen molar-refractivity contribution in [3.63, 3.8) is 0 Å². The highest BCUT2D eigenvalue weighted by atomic mass is 35.5. The largest absolute Gasteiger partial charge is 0.497 e. The van der Waals surface area contributed by atoms with Crippen molar-refractivity contribution >= 4 is 35.0 Å². The van der Waals surface area contributed by atoms with Gasteiger partial charge >= 0.3 is 0 Å². The van der Waals surface area contributed by atoms with E-state index in [1.54, 1.807) is 7.11 Å². The Labute approximate surface area is 211 Å². The van der Waals surface area contributed by atoms with Crippen LogP contribution in [0.5, 0.6) is 11.5 Å². The third-order valence-corrected chi connectivity index (χ3v) is 6.16. The molecule has 0 bridgehead atoms. The maximum atomic E-state index is 13.4. The molecule has 4 rings (SSSR count). The number of nitrogens with one attached hydrogen (secondary N) is 1. The Morgan fingerprint density at radius 3 is 2.49 bits per heavy atom. The average molecular weight is 513 g/mol. The SMILES string of the molecule is COc1ccc(OC(C)c2nnc(SCC(=O)Nc3ccc(F)c(Cl)c3)n2-c2ccccc2)cc1. The smallest absolute Gasteiger partial charge is 0.234 e. The van der Waals surface area contributed by atoms with Gasteiger partial charge < -0.3 is 14.8 Å². The first-order valence-electron chi connectivity index (χ1n) is 10.6. The molecular weight excluding hydrogens is 491 g/mol. The minimum absolute atomic E-state index is 0.0604. The molecule has 0 saturated carbocycles. The standard InChI is InChI=1S/C25H22ClFN4O3S/c1-16(34-20-11-9-19(33-2)10-12-20)24-29-30-25(31(24)18-6-4-3-5-7-18)35-15-23(32)28-17-8-13-22(27)21(26)14-17/h3-14,16H,15H2,1-2H3,(H,28,32). The number of hydrogen-bond donors (Lipinski definition) is 1. The van der Waals surface area contributed by atoms with Gasteiger partial charge in [0.15, 0.2) is 17.1 Å². The van der Waals surface area contributed by atoms with Gasteiger partial charge in [-0.3, -0.25) is 9.36 Å². The second-order valence-corrected chi connectivity index (χ2v) is 8.76. The molecule has 35 heavy (non-hydrogen) atoms. The van der Waals surface area contributed by atoms with E-state index in [-0.39, 0.29) is 16.7 Å². The summed E-state index contributed by atoms with van der Waals surface area (Å²) in [4.78, 5) is 12.5. The molecule has 7 nitrogen and oxygen atoms in total. The summed E-state index contributed by atoms with van der Waals surface area (Å²) in [5, 5.41) is 11.8. The number of methoxy groups -OCH3 is 1. The van der Waals surface area contributed by atoms with E-state index < -0.39 is 11.9 Å². The van der Waals surface area contributed by atoms with Crippen molar-refractivity contribution in [2.75, 3.05) is 18.2 Å². The first-order valence-corrected chi connectivity index (χ1v) is 12.0. The van der Waals surface area contributed by atoms with Gasteiger partial charge in [0.2, 0.25) is 5.91 Å². The number of carbonyl (C=O) groups is 1. The lowest BCUT2D eigenvalue weighted by molar-refractivity contribution is -0.113. The number of hydrogen-bond acceptors (Lipinski definition) is 6. The first kappa shape index (κ1) is 24.6. The van der Waals surface area contributed by atoms with E-state index in [4.69, 9.17) is 21.1 Å². The van der Waals surface area contributed by atoms with Crippen LogP contribution in [0.1, 0.15) is 18.9 Å². The topological polar surface area (TPSA) is 78.3 Å². The summed E-state index contributed by atoms with van der Waals surface area (Å²) < 4.78 is 26.5. The monoisotopic (exact) mass is 512 g/mol. The number of benzene rings is 3. The molecule has 0 radical (unpaired) electrons. The van der Waals surface area contributed by atoms with Crippen LogP contribution in [-0.4, -0.2) is 33.5 Å². The van der Waals surface area contributed by atoms with Crippen molar-refractivity contribution in [1.29, 1.82) is 0 Å². The number of para-hydroxylation sites is 1. The van der Waals surface area contributed by atoms with E-state index in [2.05, 4.69) is 15.5 Å². The summed E-state index contributed by atoms with van der Waals surface area (Å²) in [7, 11) is 1.61. The van der Waals surface area contributed by atoms with E-state index in [1.807, 2.05) is 66.1 Å². The molecular formula is C25H22ClFN4O3S. The number of aromatic nitrogens is 3. The first-order chi connectivity index (χ1) is 16.9. The Balaban J connectivity index is 1.52. The second kappa shape index (κ2) is 11.2. The maximum absolute atomic E-state index is 13.4. The zero-order valence-corrected chi connectivity index (χ0v) is 20.5. The van der Waals surface area contributed by atoms with E-state index in [1.165, 1.54) is 30.0 Å². The van der Waals surface area contributed by atoms with Gasteiger partial charge in [-0.2, -0.15) is 0 Å². The Bertz CT molecular complexity index is 1300. The normalized spacial score (nSPS) is 11.7. The zero-order chi connectivity index (χ0) is 24.8. The predicted molar refractivity (Wildman–Crippen MR) is 134 cm³/mol. The van der Waals surface area contributed by atoms with Crippen LogP contribution in [0.25, 0.3) is 5.69 Å². The van der Waals surface area contributed by atoms with Gasteiger partial charge in [-0.25, -0.2) is 4.39 Å². The lowest BCUT2D eigenvalue weighted by atomic mass is 10.3. The summed E-state index contributed by atoms with van der Waals surface area (Å²) in [5.41, 5.74) is 1.25. The molecule has 1 atom stereocenters. The molecule has 1 heterocycles. The van der Waals surface area contributed by atoms with Crippen LogP contribution in [-0.2, 0) is 4.79 Å². The number of amides is 1. The molecule has 0 spiro atoms. The summed E-state index contributed by atoms with van der Waals surface area (Å²) >= 11 is 7.02. The lowest BCUT2D eigenvalue weighted by Crippen LogP contribution is -2.15. The fourth-order valence-electron chi connectivity index (χ4n) is 3.27. The molecule has 0 aliphatic rings. The molecule has 180 valence electrons. The molecule has 0 fully saturated rings. The number of anilines is 1. The van der Waals surface area contributed by atoms with Crippen LogP contribution >= 0.6 is 23.4 Å². The molecule has 4 aromatic rings. The Kier molecular flexibility index (Phi) is 7.89. The highest BCUT2D eigenvalue weighted by Gasteiger charge is 2.22. The number of halogens is 2.